The Balaban J connectivity index is 1.62. The number of aliphatic hydroxyl groups is 2. The van der Waals surface area contributed by atoms with E-state index in [-0.39, 0.29) is 0 Å². The third kappa shape index (κ3) is 4.67. The summed E-state index contributed by atoms with van der Waals surface area (Å²) in [6.07, 6.45) is -0.379. The zero-order valence-corrected chi connectivity index (χ0v) is 18.8. The zero-order chi connectivity index (χ0) is 21.3. The average Bonchev–Trinajstić information content (AvgIpc) is 3.21. The SMILES string of the molecule is CCN1CCN(c2nc(-c3ccc(C(O)CC(C)(C)O)cc3)cc3ccsc23)CC1. The largest absolute Gasteiger partial charge is 0.390 e. The first kappa shape index (κ1) is 21.2. The lowest BCUT2D eigenvalue weighted by Crippen LogP contribution is -2.46. The molecule has 1 atom stereocenters. The summed E-state index contributed by atoms with van der Waals surface area (Å²) >= 11 is 1.76. The molecule has 3 heterocycles. The smallest absolute Gasteiger partial charge is 0.147 e. The molecule has 1 fully saturated rings. The number of fused-ring (bicyclic) bond motifs is 1. The highest BCUT2D eigenvalue weighted by atomic mass is 32.1. The lowest BCUT2D eigenvalue weighted by atomic mass is 9.95. The number of hydrogen-bond donors (Lipinski definition) is 2. The maximum absolute atomic E-state index is 10.4. The van der Waals surface area contributed by atoms with Crippen molar-refractivity contribution in [1.29, 1.82) is 0 Å². The van der Waals surface area contributed by atoms with Crippen molar-refractivity contribution in [2.45, 2.75) is 38.9 Å². The average molecular weight is 426 g/mol. The number of piperazine rings is 1. The van der Waals surface area contributed by atoms with Gasteiger partial charge >= 0.3 is 0 Å². The number of likely N-dealkylation sites (N-methyl/N-ethyl adjacent to an activating group) is 1. The molecule has 1 aliphatic rings. The van der Waals surface area contributed by atoms with Crippen LogP contribution < -0.4 is 4.90 Å². The first-order chi connectivity index (χ1) is 14.3. The number of thiophene rings is 1. The Kier molecular flexibility index (Phi) is 6.11. The summed E-state index contributed by atoms with van der Waals surface area (Å²) in [7, 11) is 0. The van der Waals surface area contributed by atoms with Gasteiger partial charge in [0.05, 0.1) is 22.1 Å². The number of hydrogen-bond acceptors (Lipinski definition) is 6. The summed E-state index contributed by atoms with van der Waals surface area (Å²) < 4.78 is 1.25. The quantitative estimate of drug-likeness (QED) is 0.617. The van der Waals surface area contributed by atoms with Crippen molar-refractivity contribution >= 4 is 27.2 Å². The predicted octanol–water partition coefficient (Wildman–Crippen LogP) is 4.30. The maximum Gasteiger partial charge on any atom is 0.147 e. The Morgan fingerprint density at radius 1 is 1.10 bits per heavy atom. The van der Waals surface area contributed by atoms with Crippen LogP contribution in [0.4, 0.5) is 5.82 Å². The normalized spacial score (nSPS) is 16.9. The molecule has 4 rings (SSSR count). The van der Waals surface area contributed by atoms with E-state index in [0.717, 1.165) is 55.4 Å². The van der Waals surface area contributed by atoms with Crippen LogP contribution >= 0.6 is 11.3 Å². The van der Waals surface area contributed by atoms with Gasteiger partial charge in [-0.25, -0.2) is 4.98 Å². The third-order valence-corrected chi connectivity index (χ3v) is 6.75. The molecule has 30 heavy (non-hydrogen) atoms. The first-order valence-corrected chi connectivity index (χ1v) is 11.6. The molecule has 160 valence electrons. The van der Waals surface area contributed by atoms with Gasteiger partial charge in [-0.05, 0) is 48.9 Å². The number of rotatable bonds is 6. The van der Waals surface area contributed by atoms with Gasteiger partial charge in [0.1, 0.15) is 5.82 Å². The molecular weight excluding hydrogens is 394 g/mol. The van der Waals surface area contributed by atoms with Gasteiger partial charge in [0.25, 0.3) is 0 Å². The molecule has 0 amide bonds. The Hall–Kier alpha value is -1.99. The Bertz CT molecular complexity index is 986. The molecule has 1 unspecified atom stereocenters. The minimum absolute atomic E-state index is 0.305. The molecule has 1 aromatic carbocycles. The summed E-state index contributed by atoms with van der Waals surface area (Å²) in [5, 5.41) is 23.7. The Morgan fingerprint density at radius 3 is 2.43 bits per heavy atom. The van der Waals surface area contributed by atoms with E-state index >= 15 is 0 Å². The number of aromatic nitrogens is 1. The molecule has 6 heteroatoms. The molecule has 0 radical (unpaired) electrons. The molecule has 5 nitrogen and oxygen atoms in total. The van der Waals surface area contributed by atoms with Crippen molar-refractivity contribution in [1.82, 2.24) is 9.88 Å². The Morgan fingerprint density at radius 2 is 1.80 bits per heavy atom. The number of benzene rings is 1. The summed E-state index contributed by atoms with van der Waals surface area (Å²) in [6, 6.07) is 12.2. The van der Waals surface area contributed by atoms with Crippen LogP contribution in [0.2, 0.25) is 0 Å². The van der Waals surface area contributed by atoms with Gasteiger partial charge in [-0.3, -0.25) is 0 Å². The number of nitrogens with zero attached hydrogens (tertiary/aromatic N) is 3. The standard InChI is InChI=1S/C24H31N3O2S/c1-4-26-10-12-27(13-11-26)23-22-19(9-14-30-22)15-20(25-23)17-5-7-18(8-6-17)21(28)16-24(2,3)29/h5-9,14-15,21,28-29H,4,10-13,16H2,1-3H3. The van der Waals surface area contributed by atoms with Crippen LogP contribution in [0.5, 0.6) is 0 Å². The van der Waals surface area contributed by atoms with Crippen LogP contribution in [0.15, 0.2) is 41.8 Å². The molecule has 0 spiro atoms. The molecule has 1 saturated heterocycles. The second kappa shape index (κ2) is 8.63. The second-order valence-corrected chi connectivity index (χ2v) is 9.66. The van der Waals surface area contributed by atoms with E-state index in [0.29, 0.717) is 6.42 Å². The first-order valence-electron chi connectivity index (χ1n) is 10.7. The molecule has 0 aliphatic carbocycles. The highest BCUT2D eigenvalue weighted by Gasteiger charge is 2.22. The minimum Gasteiger partial charge on any atom is -0.390 e. The minimum atomic E-state index is -0.902. The van der Waals surface area contributed by atoms with Gasteiger partial charge < -0.3 is 20.0 Å². The van der Waals surface area contributed by atoms with Crippen molar-refractivity contribution in [3.63, 3.8) is 0 Å². The lowest BCUT2D eigenvalue weighted by molar-refractivity contribution is 0.0179. The molecule has 0 bridgehead atoms. The van der Waals surface area contributed by atoms with Crippen LogP contribution in [0.25, 0.3) is 21.3 Å². The molecule has 2 N–H and O–H groups in total. The second-order valence-electron chi connectivity index (χ2n) is 8.75. The van der Waals surface area contributed by atoms with Gasteiger partial charge in [-0.1, -0.05) is 31.2 Å². The van der Waals surface area contributed by atoms with Crippen LogP contribution in [0, 0.1) is 0 Å². The molecule has 0 saturated carbocycles. The van der Waals surface area contributed by atoms with Gasteiger partial charge in [0.15, 0.2) is 0 Å². The van der Waals surface area contributed by atoms with Crippen LogP contribution in [-0.4, -0.2) is 58.4 Å². The predicted molar refractivity (Wildman–Crippen MR) is 125 cm³/mol. The summed E-state index contributed by atoms with van der Waals surface area (Å²) in [4.78, 5) is 9.96. The molecule has 2 aromatic heterocycles. The third-order valence-electron chi connectivity index (χ3n) is 5.82. The van der Waals surface area contributed by atoms with Crippen molar-refractivity contribution < 1.29 is 10.2 Å². The van der Waals surface area contributed by atoms with Crippen molar-refractivity contribution in [2.24, 2.45) is 0 Å². The van der Waals surface area contributed by atoms with E-state index in [1.807, 2.05) is 24.3 Å². The summed E-state index contributed by atoms with van der Waals surface area (Å²) in [5.74, 6) is 1.08. The van der Waals surface area contributed by atoms with Gasteiger partial charge in [-0.2, -0.15) is 0 Å². The fourth-order valence-corrected chi connectivity index (χ4v) is 4.96. The van der Waals surface area contributed by atoms with E-state index in [2.05, 4.69) is 34.2 Å². The summed E-state index contributed by atoms with van der Waals surface area (Å²) in [6.45, 7) is 10.9. The topological polar surface area (TPSA) is 59.8 Å². The zero-order valence-electron chi connectivity index (χ0n) is 18.0. The van der Waals surface area contributed by atoms with Gasteiger partial charge in [-0.15, -0.1) is 11.3 Å². The van der Waals surface area contributed by atoms with E-state index in [4.69, 9.17) is 4.98 Å². The van der Waals surface area contributed by atoms with E-state index in [1.54, 1.807) is 25.2 Å². The van der Waals surface area contributed by atoms with Gasteiger partial charge in [0.2, 0.25) is 0 Å². The molecule has 1 aliphatic heterocycles. The van der Waals surface area contributed by atoms with E-state index in [9.17, 15) is 10.2 Å². The van der Waals surface area contributed by atoms with Crippen molar-refractivity contribution in [2.75, 3.05) is 37.6 Å². The van der Waals surface area contributed by atoms with Crippen LogP contribution in [0.3, 0.4) is 0 Å². The van der Waals surface area contributed by atoms with Crippen LogP contribution in [-0.2, 0) is 0 Å². The monoisotopic (exact) mass is 425 g/mol. The highest BCUT2D eigenvalue weighted by molar-refractivity contribution is 7.17. The van der Waals surface area contributed by atoms with Crippen molar-refractivity contribution in [3.8, 4) is 11.3 Å². The number of anilines is 1. The van der Waals surface area contributed by atoms with E-state index < -0.39 is 11.7 Å². The fraction of sp³-hybridized carbons (Fsp3) is 0.458. The Labute approximate surface area is 182 Å². The molecular formula is C24H31N3O2S. The van der Waals surface area contributed by atoms with Crippen LogP contribution in [0.1, 0.15) is 38.9 Å². The van der Waals surface area contributed by atoms with Crippen molar-refractivity contribution in [3.05, 3.63) is 47.3 Å². The van der Waals surface area contributed by atoms with Gasteiger partial charge in [0, 0.05) is 38.2 Å². The summed E-state index contributed by atoms with van der Waals surface area (Å²) in [5.41, 5.74) is 1.90. The lowest BCUT2D eigenvalue weighted by Gasteiger charge is -2.35. The number of aliphatic hydroxyl groups excluding tert-OH is 1. The maximum atomic E-state index is 10.4. The van der Waals surface area contributed by atoms with E-state index in [1.165, 1.54) is 10.1 Å². The fourth-order valence-electron chi connectivity index (χ4n) is 4.06. The molecule has 3 aromatic rings. The number of pyridine rings is 1. The highest BCUT2D eigenvalue weighted by Crippen LogP contribution is 2.34.